The number of methoxy groups -OCH3 is 1. The third-order valence-electron chi connectivity index (χ3n) is 2.76. The molecule has 6 nitrogen and oxygen atoms in total. The summed E-state index contributed by atoms with van der Waals surface area (Å²) in [6, 6.07) is 4.51. The highest BCUT2D eigenvalue weighted by Gasteiger charge is 2.10. The molecule has 1 N–H and O–H groups in total. The number of hydrogen-bond donors (Lipinski definition) is 1. The highest BCUT2D eigenvalue weighted by Crippen LogP contribution is 2.28. The van der Waals surface area contributed by atoms with Gasteiger partial charge >= 0.3 is 6.61 Å². The number of benzene rings is 1. The molecule has 0 unspecified atom stereocenters. The summed E-state index contributed by atoms with van der Waals surface area (Å²) in [5, 5.41) is 10.9. The van der Waals surface area contributed by atoms with Crippen molar-refractivity contribution in [3.05, 3.63) is 34.4 Å². The predicted molar refractivity (Wildman–Crippen MR) is 79.4 cm³/mol. The van der Waals surface area contributed by atoms with E-state index in [1.807, 2.05) is 6.92 Å². The molecular weight excluding hydrogens is 314 g/mol. The van der Waals surface area contributed by atoms with Crippen LogP contribution in [0.3, 0.4) is 0 Å². The molecule has 2 aromatic rings. The normalized spacial score (nSPS) is 11.3. The van der Waals surface area contributed by atoms with Crippen molar-refractivity contribution >= 4 is 18.4 Å². The maximum absolute atomic E-state index is 12.3. The average molecular weight is 328 g/mol. The second kappa shape index (κ2) is 7.12. The van der Waals surface area contributed by atoms with E-state index < -0.39 is 6.61 Å². The van der Waals surface area contributed by atoms with Crippen molar-refractivity contribution in [3.63, 3.8) is 0 Å². The molecule has 0 aliphatic carbocycles. The van der Waals surface area contributed by atoms with Gasteiger partial charge < -0.3 is 9.47 Å². The summed E-state index contributed by atoms with van der Waals surface area (Å²) >= 11 is 5.07. The fourth-order valence-electron chi connectivity index (χ4n) is 1.75. The molecule has 1 aromatic carbocycles. The van der Waals surface area contributed by atoms with Gasteiger partial charge in [-0.05, 0) is 36.0 Å². The van der Waals surface area contributed by atoms with E-state index in [0.717, 1.165) is 0 Å². The Balaban J connectivity index is 2.28. The zero-order chi connectivity index (χ0) is 16.1. The Morgan fingerprint density at radius 2 is 2.23 bits per heavy atom. The number of alkyl halides is 2. The van der Waals surface area contributed by atoms with Crippen LogP contribution in [0.15, 0.2) is 23.3 Å². The van der Waals surface area contributed by atoms with E-state index in [0.29, 0.717) is 22.6 Å². The van der Waals surface area contributed by atoms with Crippen LogP contribution >= 0.6 is 12.2 Å². The second-order valence-electron chi connectivity index (χ2n) is 4.14. The third kappa shape index (κ3) is 3.67. The first-order valence-electron chi connectivity index (χ1n) is 6.38. The van der Waals surface area contributed by atoms with E-state index in [-0.39, 0.29) is 11.5 Å². The van der Waals surface area contributed by atoms with E-state index >= 15 is 0 Å². The first kappa shape index (κ1) is 16.1. The Morgan fingerprint density at radius 3 is 2.86 bits per heavy atom. The fourth-order valence-corrected chi connectivity index (χ4v) is 1.95. The lowest BCUT2D eigenvalue weighted by Gasteiger charge is -2.09. The lowest BCUT2D eigenvalue weighted by atomic mass is 10.2. The van der Waals surface area contributed by atoms with Gasteiger partial charge in [-0.3, -0.25) is 5.10 Å². The van der Waals surface area contributed by atoms with Crippen LogP contribution in [0.5, 0.6) is 11.5 Å². The van der Waals surface area contributed by atoms with Crippen molar-refractivity contribution in [2.24, 2.45) is 5.10 Å². The number of nitrogens with zero attached hydrogens (tertiary/aromatic N) is 3. The molecule has 0 aliphatic rings. The van der Waals surface area contributed by atoms with Crippen molar-refractivity contribution < 1.29 is 18.3 Å². The van der Waals surface area contributed by atoms with E-state index in [1.54, 1.807) is 6.07 Å². The molecule has 1 aromatic heterocycles. The van der Waals surface area contributed by atoms with Crippen molar-refractivity contribution in [3.8, 4) is 11.5 Å². The molecule has 118 valence electrons. The minimum atomic E-state index is -2.91. The SMILES string of the molecule is CCc1n[nH]c(=S)n1/N=C\c1ccc(OC(F)F)c(OC)c1. The summed E-state index contributed by atoms with van der Waals surface area (Å²) in [6.45, 7) is -0.985. The van der Waals surface area contributed by atoms with Gasteiger partial charge in [-0.1, -0.05) is 6.92 Å². The van der Waals surface area contributed by atoms with Gasteiger partial charge in [0.1, 0.15) is 0 Å². The highest BCUT2D eigenvalue weighted by molar-refractivity contribution is 7.71. The summed E-state index contributed by atoms with van der Waals surface area (Å²) in [5.41, 5.74) is 0.642. The molecule has 0 fully saturated rings. The number of rotatable bonds is 6. The summed E-state index contributed by atoms with van der Waals surface area (Å²) in [6.07, 6.45) is 2.19. The van der Waals surface area contributed by atoms with Crippen molar-refractivity contribution in [1.29, 1.82) is 0 Å². The zero-order valence-corrected chi connectivity index (χ0v) is 12.7. The van der Waals surface area contributed by atoms with Gasteiger partial charge in [0.15, 0.2) is 17.3 Å². The van der Waals surface area contributed by atoms with Gasteiger partial charge in [-0.25, -0.2) is 0 Å². The first-order chi connectivity index (χ1) is 10.5. The number of ether oxygens (including phenoxy) is 2. The first-order valence-corrected chi connectivity index (χ1v) is 6.79. The van der Waals surface area contributed by atoms with E-state index in [2.05, 4.69) is 20.0 Å². The van der Waals surface area contributed by atoms with Crippen LogP contribution in [-0.2, 0) is 6.42 Å². The molecule has 0 aliphatic heterocycles. The van der Waals surface area contributed by atoms with Crippen molar-refractivity contribution in [2.45, 2.75) is 20.0 Å². The van der Waals surface area contributed by atoms with Crippen LogP contribution in [0.2, 0.25) is 0 Å². The van der Waals surface area contributed by atoms with Gasteiger partial charge in [0.2, 0.25) is 4.77 Å². The number of nitrogens with one attached hydrogen (secondary N) is 1. The van der Waals surface area contributed by atoms with Crippen LogP contribution in [0.1, 0.15) is 18.3 Å². The van der Waals surface area contributed by atoms with Gasteiger partial charge in [0.25, 0.3) is 0 Å². The lowest BCUT2D eigenvalue weighted by Crippen LogP contribution is -2.04. The second-order valence-corrected chi connectivity index (χ2v) is 4.53. The fraction of sp³-hybridized carbons (Fsp3) is 0.308. The molecule has 0 amide bonds. The summed E-state index contributed by atoms with van der Waals surface area (Å²) < 4.78 is 35.8. The van der Waals surface area contributed by atoms with Gasteiger partial charge in [-0.2, -0.15) is 23.7 Å². The highest BCUT2D eigenvalue weighted by atomic mass is 32.1. The van der Waals surface area contributed by atoms with Crippen LogP contribution in [-0.4, -0.2) is 34.8 Å². The van der Waals surface area contributed by atoms with Crippen LogP contribution in [0.25, 0.3) is 0 Å². The summed E-state index contributed by atoms with van der Waals surface area (Å²) in [5.74, 6) is 0.838. The number of aromatic nitrogens is 3. The lowest BCUT2D eigenvalue weighted by molar-refractivity contribution is -0.0512. The molecule has 0 atom stereocenters. The molecule has 22 heavy (non-hydrogen) atoms. The van der Waals surface area contributed by atoms with Crippen molar-refractivity contribution in [1.82, 2.24) is 14.9 Å². The molecule has 0 spiro atoms. The smallest absolute Gasteiger partial charge is 0.387 e. The topological polar surface area (TPSA) is 64.4 Å². The van der Waals surface area contributed by atoms with Crippen LogP contribution in [0, 0.1) is 4.77 Å². The molecule has 0 bridgehead atoms. The molecular formula is C13H14F2N4O2S. The van der Waals surface area contributed by atoms with E-state index in [9.17, 15) is 8.78 Å². The number of aromatic amines is 1. The predicted octanol–water partition coefficient (Wildman–Crippen LogP) is 3.00. The average Bonchev–Trinajstić information content (AvgIpc) is 2.86. The quantitative estimate of drug-likeness (QED) is 0.654. The molecule has 0 saturated heterocycles. The monoisotopic (exact) mass is 328 g/mol. The number of hydrogen-bond acceptors (Lipinski definition) is 5. The Morgan fingerprint density at radius 1 is 1.45 bits per heavy atom. The molecule has 9 heteroatoms. The Kier molecular flexibility index (Phi) is 5.21. The van der Waals surface area contributed by atoms with Gasteiger partial charge in [0.05, 0.1) is 13.3 Å². The maximum atomic E-state index is 12.3. The minimum absolute atomic E-state index is 0.0381. The maximum Gasteiger partial charge on any atom is 0.387 e. The number of H-pyrrole nitrogens is 1. The molecule has 0 saturated carbocycles. The Hall–Kier alpha value is -2.29. The zero-order valence-electron chi connectivity index (χ0n) is 11.9. The van der Waals surface area contributed by atoms with Gasteiger partial charge in [-0.15, -0.1) is 0 Å². The summed E-state index contributed by atoms with van der Waals surface area (Å²) in [7, 11) is 1.37. The Bertz CT molecular complexity index is 727. The molecule has 2 rings (SSSR count). The third-order valence-corrected chi connectivity index (χ3v) is 3.02. The van der Waals surface area contributed by atoms with Crippen molar-refractivity contribution in [2.75, 3.05) is 7.11 Å². The molecule has 1 heterocycles. The van der Waals surface area contributed by atoms with E-state index in [4.69, 9.17) is 17.0 Å². The Labute approximate surface area is 130 Å². The minimum Gasteiger partial charge on any atom is -0.493 e. The standard InChI is InChI=1S/C13H14F2N4O2S/c1-3-11-17-18-13(22)19(11)16-7-8-4-5-9(21-12(14)15)10(6-8)20-2/h4-7,12H,3H2,1-2H3,(H,18,22)/b16-7-. The van der Waals surface area contributed by atoms with Gasteiger partial charge in [0, 0.05) is 6.42 Å². The number of aryl methyl sites for hydroxylation is 1. The van der Waals surface area contributed by atoms with E-state index in [1.165, 1.54) is 30.1 Å². The largest absolute Gasteiger partial charge is 0.493 e. The number of halogens is 2. The molecule has 0 radical (unpaired) electrons. The van der Waals surface area contributed by atoms with Crippen LogP contribution < -0.4 is 9.47 Å². The van der Waals surface area contributed by atoms with Crippen LogP contribution in [0.4, 0.5) is 8.78 Å². The summed E-state index contributed by atoms with van der Waals surface area (Å²) in [4.78, 5) is 0.